The van der Waals surface area contributed by atoms with Crippen molar-refractivity contribution in [3.63, 3.8) is 0 Å². The maximum absolute atomic E-state index is 12.5. The molecule has 0 aromatic heterocycles. The Balaban J connectivity index is 2.27. The summed E-state index contributed by atoms with van der Waals surface area (Å²) in [6.07, 6.45) is 1.60. The van der Waals surface area contributed by atoms with Crippen molar-refractivity contribution >= 4 is 11.6 Å². The highest BCUT2D eigenvalue weighted by Gasteiger charge is 2.50. The molecule has 2 nitrogen and oxygen atoms in total. The Morgan fingerprint density at radius 1 is 1.10 bits per heavy atom. The molecule has 1 aromatic carbocycles. The molecule has 0 unspecified atom stereocenters. The lowest BCUT2D eigenvalue weighted by Gasteiger charge is -2.45. The number of carbonyl (C=O) groups is 2. The highest BCUT2D eigenvalue weighted by Crippen LogP contribution is 2.50. The molecule has 3 rings (SSSR count). The second-order valence-electron chi connectivity index (χ2n) is 6.65. The number of Topliss-reactive ketones (excluding diaryl/α,β-unsaturated/α-hetero) is 2. The van der Waals surface area contributed by atoms with E-state index in [-0.39, 0.29) is 22.9 Å². The molecule has 2 atom stereocenters. The van der Waals surface area contributed by atoms with Crippen molar-refractivity contribution in [3.8, 4) is 0 Å². The number of allylic oxidation sites excluding steroid dienone is 2. The summed E-state index contributed by atoms with van der Waals surface area (Å²) in [4.78, 5) is 24.8. The van der Waals surface area contributed by atoms with Crippen LogP contribution in [0.15, 0.2) is 29.3 Å². The van der Waals surface area contributed by atoms with Crippen LogP contribution in [0.5, 0.6) is 0 Å². The molecule has 2 aliphatic rings. The van der Waals surface area contributed by atoms with Crippen LogP contribution in [0.1, 0.15) is 55.1 Å². The molecule has 104 valence electrons. The van der Waals surface area contributed by atoms with Crippen molar-refractivity contribution in [2.75, 3.05) is 0 Å². The van der Waals surface area contributed by atoms with E-state index in [1.165, 1.54) is 11.1 Å². The van der Waals surface area contributed by atoms with Crippen LogP contribution >= 0.6 is 0 Å². The summed E-state index contributed by atoms with van der Waals surface area (Å²) in [5, 5.41) is 0. The molecule has 0 saturated carbocycles. The van der Waals surface area contributed by atoms with E-state index in [9.17, 15) is 9.59 Å². The number of carbonyl (C=O) groups excluding carboxylic acids is 2. The van der Waals surface area contributed by atoms with Crippen LogP contribution in [0, 0.1) is 12.8 Å². The largest absolute Gasteiger partial charge is 0.290 e. The topological polar surface area (TPSA) is 34.1 Å². The molecule has 0 radical (unpaired) electrons. The van der Waals surface area contributed by atoms with E-state index in [0.717, 1.165) is 24.0 Å². The average Bonchev–Trinajstić information content (AvgIpc) is 2.40. The minimum absolute atomic E-state index is 0.187. The summed E-state index contributed by atoms with van der Waals surface area (Å²) in [6.45, 7) is 8.41. The molecular weight excluding hydrogens is 248 g/mol. The molecule has 0 amide bonds. The Hall–Kier alpha value is -1.70. The van der Waals surface area contributed by atoms with Gasteiger partial charge in [-0.25, -0.2) is 0 Å². The molecular formula is C18H20O2. The van der Waals surface area contributed by atoms with Crippen molar-refractivity contribution in [1.82, 2.24) is 0 Å². The van der Waals surface area contributed by atoms with Gasteiger partial charge in [0.05, 0.1) is 0 Å². The van der Waals surface area contributed by atoms with Gasteiger partial charge in [-0.1, -0.05) is 41.8 Å². The lowest BCUT2D eigenvalue weighted by molar-refractivity contribution is -0.121. The van der Waals surface area contributed by atoms with Crippen LogP contribution in [0.2, 0.25) is 0 Å². The third kappa shape index (κ3) is 1.64. The molecule has 0 spiro atoms. The first-order valence-electron chi connectivity index (χ1n) is 7.19. The zero-order chi connectivity index (χ0) is 14.7. The zero-order valence-corrected chi connectivity index (χ0v) is 12.5. The van der Waals surface area contributed by atoms with Crippen LogP contribution < -0.4 is 0 Å². The predicted molar refractivity (Wildman–Crippen MR) is 79.0 cm³/mol. The van der Waals surface area contributed by atoms with Gasteiger partial charge in [0.25, 0.3) is 0 Å². The highest BCUT2D eigenvalue weighted by atomic mass is 16.2. The normalized spacial score (nSPS) is 29.3. The number of hydrogen-bond donors (Lipinski definition) is 0. The van der Waals surface area contributed by atoms with Gasteiger partial charge in [0, 0.05) is 16.9 Å². The summed E-state index contributed by atoms with van der Waals surface area (Å²) in [5.74, 6) is -0.682. The predicted octanol–water partition coefficient (Wildman–Crippen LogP) is 3.76. The first kappa shape index (κ1) is 13.3. The number of fused-ring (bicyclic) bond motifs is 3. The Kier molecular flexibility index (Phi) is 2.75. The van der Waals surface area contributed by atoms with E-state index >= 15 is 0 Å². The minimum atomic E-state index is -0.296. The van der Waals surface area contributed by atoms with Crippen LogP contribution in [0.4, 0.5) is 0 Å². The molecule has 0 saturated heterocycles. The van der Waals surface area contributed by atoms with Gasteiger partial charge < -0.3 is 0 Å². The van der Waals surface area contributed by atoms with Gasteiger partial charge in [-0.3, -0.25) is 9.59 Å². The van der Waals surface area contributed by atoms with Gasteiger partial charge in [-0.15, -0.1) is 0 Å². The average molecular weight is 268 g/mol. The van der Waals surface area contributed by atoms with Crippen molar-refractivity contribution in [2.45, 2.75) is 46.0 Å². The van der Waals surface area contributed by atoms with E-state index < -0.39 is 0 Å². The quantitative estimate of drug-likeness (QED) is 0.530. The smallest absolute Gasteiger partial charge is 0.229 e. The van der Waals surface area contributed by atoms with Gasteiger partial charge in [-0.05, 0) is 39.2 Å². The van der Waals surface area contributed by atoms with Gasteiger partial charge in [0.1, 0.15) is 0 Å². The van der Waals surface area contributed by atoms with Gasteiger partial charge in [-0.2, -0.15) is 0 Å². The summed E-state index contributed by atoms with van der Waals surface area (Å²) in [7, 11) is 0. The molecule has 0 N–H and O–H groups in total. The summed E-state index contributed by atoms with van der Waals surface area (Å²) in [6, 6.07) is 5.85. The van der Waals surface area contributed by atoms with E-state index in [1.54, 1.807) is 0 Å². The van der Waals surface area contributed by atoms with Crippen LogP contribution in [0.3, 0.4) is 0 Å². The molecule has 1 aromatic rings. The summed E-state index contributed by atoms with van der Waals surface area (Å²) >= 11 is 0. The lowest BCUT2D eigenvalue weighted by Crippen LogP contribution is -2.48. The number of aryl methyl sites for hydroxylation is 1. The third-order valence-electron chi connectivity index (χ3n) is 5.22. The Morgan fingerprint density at radius 3 is 2.50 bits per heavy atom. The van der Waals surface area contributed by atoms with Gasteiger partial charge in [0.15, 0.2) is 0 Å². The highest BCUT2D eigenvalue weighted by molar-refractivity contribution is 6.46. The van der Waals surface area contributed by atoms with Gasteiger partial charge in [0.2, 0.25) is 11.6 Å². The third-order valence-corrected chi connectivity index (χ3v) is 5.22. The standard InChI is InChI=1S/C18H20O2/c1-10-5-6-13-14(7-10)18(4)9-12(3)11(2)8-15(18)17(20)16(13)19/h5-7,15H,8-9H2,1-4H3/t15-,18+/m1/s1. The maximum Gasteiger partial charge on any atom is 0.229 e. The lowest BCUT2D eigenvalue weighted by atomic mass is 9.56. The van der Waals surface area contributed by atoms with E-state index in [1.807, 2.05) is 19.1 Å². The van der Waals surface area contributed by atoms with E-state index in [4.69, 9.17) is 0 Å². The minimum Gasteiger partial charge on any atom is -0.290 e. The van der Waals surface area contributed by atoms with Crippen LogP contribution in [0.25, 0.3) is 0 Å². The second kappa shape index (κ2) is 4.15. The molecule has 20 heavy (non-hydrogen) atoms. The van der Waals surface area contributed by atoms with E-state index in [0.29, 0.717) is 5.56 Å². The van der Waals surface area contributed by atoms with Crippen molar-refractivity contribution in [2.24, 2.45) is 5.92 Å². The van der Waals surface area contributed by atoms with Gasteiger partial charge >= 0.3 is 0 Å². The van der Waals surface area contributed by atoms with E-state index in [2.05, 4.69) is 26.8 Å². The van der Waals surface area contributed by atoms with Crippen molar-refractivity contribution < 1.29 is 9.59 Å². The fraction of sp³-hybridized carbons (Fsp3) is 0.444. The first-order valence-corrected chi connectivity index (χ1v) is 7.19. The summed E-state index contributed by atoms with van der Waals surface area (Å²) in [5.41, 5.74) is 5.24. The van der Waals surface area contributed by atoms with Crippen LogP contribution in [-0.4, -0.2) is 11.6 Å². The number of rotatable bonds is 0. The molecule has 0 fully saturated rings. The number of hydrogen-bond acceptors (Lipinski definition) is 2. The summed E-state index contributed by atoms with van der Waals surface area (Å²) < 4.78 is 0. The van der Waals surface area contributed by atoms with Crippen LogP contribution in [-0.2, 0) is 10.2 Å². The number of ketones is 2. The number of benzene rings is 1. The Labute approximate surface area is 119 Å². The molecule has 2 heteroatoms. The zero-order valence-electron chi connectivity index (χ0n) is 12.5. The fourth-order valence-corrected chi connectivity index (χ4v) is 3.82. The maximum atomic E-state index is 12.5. The molecule has 2 aliphatic carbocycles. The Morgan fingerprint density at radius 2 is 1.80 bits per heavy atom. The molecule has 0 aliphatic heterocycles. The monoisotopic (exact) mass is 268 g/mol. The SMILES string of the molecule is CC1=C(C)C[C@@]2(C)c3cc(C)ccc3C(=O)C(=O)[C@H]2C1. The molecule has 0 bridgehead atoms. The first-order chi connectivity index (χ1) is 9.34. The van der Waals surface area contributed by atoms with Crippen molar-refractivity contribution in [3.05, 3.63) is 46.0 Å². The van der Waals surface area contributed by atoms with Crippen molar-refractivity contribution in [1.29, 1.82) is 0 Å². The fourth-order valence-electron chi connectivity index (χ4n) is 3.82. The second-order valence-corrected chi connectivity index (χ2v) is 6.65. The Bertz CT molecular complexity index is 666. The molecule has 0 heterocycles.